The van der Waals surface area contributed by atoms with Gasteiger partial charge in [-0.2, -0.15) is 13.2 Å². The van der Waals surface area contributed by atoms with Gasteiger partial charge < -0.3 is 14.5 Å². The lowest BCUT2D eigenvalue weighted by atomic mass is 10.0. The van der Waals surface area contributed by atoms with Crippen LogP contribution in [0.1, 0.15) is 23.5 Å². The van der Waals surface area contributed by atoms with Gasteiger partial charge in [0.15, 0.2) is 6.10 Å². The molecule has 0 saturated carbocycles. The molecular formula is C20H21F3N4O2. The maximum absolute atomic E-state index is 13.0. The Labute approximate surface area is 166 Å². The summed E-state index contributed by atoms with van der Waals surface area (Å²) in [6.07, 6.45) is -3.63. The van der Waals surface area contributed by atoms with E-state index in [1.807, 2.05) is 24.3 Å². The Kier molecular flexibility index (Phi) is 5.06. The van der Waals surface area contributed by atoms with Crippen molar-refractivity contribution in [3.63, 3.8) is 0 Å². The van der Waals surface area contributed by atoms with Crippen LogP contribution >= 0.6 is 0 Å². The number of aromatic nitrogens is 2. The molecule has 2 aliphatic rings. The second-order valence-electron chi connectivity index (χ2n) is 7.22. The van der Waals surface area contributed by atoms with E-state index in [4.69, 9.17) is 4.74 Å². The molecule has 29 heavy (non-hydrogen) atoms. The summed E-state index contributed by atoms with van der Waals surface area (Å²) in [5.74, 6) is 0.975. The smallest absolute Gasteiger partial charge is 0.433 e. The van der Waals surface area contributed by atoms with E-state index < -0.39 is 18.0 Å². The topological polar surface area (TPSA) is 58.6 Å². The Morgan fingerprint density at radius 2 is 1.86 bits per heavy atom. The number of hydrogen-bond donors (Lipinski definition) is 0. The molecule has 9 heteroatoms. The minimum atomic E-state index is -4.52. The standard InChI is InChI=1S/C20H21F3N4O2/c1-13-24-17(20(21,22)23)12-18(25-13)26-8-10-27(11-9-26)19(28)16-7-6-14-4-2-3-5-15(14)29-16/h2-5,12,16H,6-11H2,1H3. The molecule has 4 rings (SSSR count). The van der Waals surface area contributed by atoms with Gasteiger partial charge in [0.2, 0.25) is 0 Å². The van der Waals surface area contributed by atoms with E-state index in [9.17, 15) is 18.0 Å². The van der Waals surface area contributed by atoms with E-state index in [-0.39, 0.29) is 17.5 Å². The molecule has 0 N–H and O–H groups in total. The molecule has 1 atom stereocenters. The van der Waals surface area contributed by atoms with Gasteiger partial charge in [0.25, 0.3) is 5.91 Å². The predicted octanol–water partition coefficient (Wildman–Crippen LogP) is 2.85. The molecule has 3 heterocycles. The number of halogens is 3. The number of piperazine rings is 1. The molecule has 0 aliphatic carbocycles. The third-order valence-corrected chi connectivity index (χ3v) is 5.22. The SMILES string of the molecule is Cc1nc(N2CCN(C(=O)C3CCc4ccccc4O3)CC2)cc(C(F)(F)F)n1. The first kappa shape index (κ1) is 19.5. The first-order valence-electron chi connectivity index (χ1n) is 9.52. The summed E-state index contributed by atoms with van der Waals surface area (Å²) in [5.41, 5.74) is 0.147. The zero-order chi connectivity index (χ0) is 20.6. The Hall–Kier alpha value is -2.84. The van der Waals surface area contributed by atoms with Crippen LogP contribution in [-0.2, 0) is 17.4 Å². The molecule has 1 aromatic heterocycles. The summed E-state index contributed by atoms with van der Waals surface area (Å²) in [6.45, 7) is 3.07. The number of benzene rings is 1. The van der Waals surface area contributed by atoms with Crippen LogP contribution in [-0.4, -0.2) is 53.1 Å². The lowest BCUT2D eigenvalue weighted by Crippen LogP contribution is -2.53. The number of ether oxygens (including phenoxy) is 1. The summed E-state index contributed by atoms with van der Waals surface area (Å²) in [5, 5.41) is 0. The van der Waals surface area contributed by atoms with Gasteiger partial charge in [-0.05, 0) is 31.4 Å². The van der Waals surface area contributed by atoms with Crippen molar-refractivity contribution in [1.29, 1.82) is 0 Å². The highest BCUT2D eigenvalue weighted by molar-refractivity contribution is 5.82. The van der Waals surface area contributed by atoms with Crippen LogP contribution < -0.4 is 9.64 Å². The number of nitrogens with zero attached hydrogens (tertiary/aromatic N) is 4. The third kappa shape index (κ3) is 4.13. The lowest BCUT2D eigenvalue weighted by molar-refractivity contribution is -0.141. The fourth-order valence-electron chi connectivity index (χ4n) is 3.72. The maximum atomic E-state index is 13.0. The average Bonchev–Trinajstić information content (AvgIpc) is 2.72. The molecule has 154 valence electrons. The van der Waals surface area contributed by atoms with Crippen molar-refractivity contribution < 1.29 is 22.7 Å². The quantitative estimate of drug-likeness (QED) is 0.768. The summed E-state index contributed by atoms with van der Waals surface area (Å²) in [4.78, 5) is 23.9. The first-order valence-corrected chi connectivity index (χ1v) is 9.52. The van der Waals surface area contributed by atoms with Gasteiger partial charge in [-0.15, -0.1) is 0 Å². The average molecular weight is 406 g/mol. The van der Waals surface area contributed by atoms with Gasteiger partial charge >= 0.3 is 6.18 Å². The monoisotopic (exact) mass is 406 g/mol. The van der Waals surface area contributed by atoms with Crippen LogP contribution in [0.5, 0.6) is 5.75 Å². The summed E-state index contributed by atoms with van der Waals surface area (Å²) in [7, 11) is 0. The number of para-hydroxylation sites is 1. The molecule has 0 radical (unpaired) electrons. The van der Waals surface area contributed by atoms with Gasteiger partial charge in [0.05, 0.1) is 0 Å². The van der Waals surface area contributed by atoms with Gasteiger partial charge in [-0.1, -0.05) is 18.2 Å². The van der Waals surface area contributed by atoms with Crippen molar-refractivity contribution >= 4 is 11.7 Å². The number of fused-ring (bicyclic) bond motifs is 1. The number of carbonyl (C=O) groups is 1. The molecule has 2 aliphatic heterocycles. The molecule has 2 aromatic rings. The molecule has 1 amide bonds. The van der Waals surface area contributed by atoms with Crippen molar-refractivity contribution in [2.45, 2.75) is 32.0 Å². The van der Waals surface area contributed by atoms with Crippen LogP contribution in [0.3, 0.4) is 0 Å². The van der Waals surface area contributed by atoms with Crippen LogP contribution in [0.25, 0.3) is 0 Å². The van der Waals surface area contributed by atoms with Crippen LogP contribution in [0.2, 0.25) is 0 Å². The van der Waals surface area contributed by atoms with Crippen LogP contribution in [0, 0.1) is 6.92 Å². The summed E-state index contributed by atoms with van der Waals surface area (Å²) >= 11 is 0. The van der Waals surface area contributed by atoms with Crippen LogP contribution in [0.15, 0.2) is 30.3 Å². The number of carbonyl (C=O) groups excluding carboxylic acids is 1. The highest BCUT2D eigenvalue weighted by Gasteiger charge is 2.35. The van der Waals surface area contributed by atoms with E-state index in [0.29, 0.717) is 32.6 Å². The Morgan fingerprint density at radius 1 is 1.14 bits per heavy atom. The second-order valence-corrected chi connectivity index (χ2v) is 7.22. The Morgan fingerprint density at radius 3 is 2.59 bits per heavy atom. The highest BCUT2D eigenvalue weighted by Crippen LogP contribution is 2.30. The van der Waals surface area contributed by atoms with Crippen molar-refractivity contribution in [3.05, 3.63) is 47.4 Å². The van der Waals surface area contributed by atoms with Gasteiger partial charge in [0, 0.05) is 32.2 Å². The number of aryl methyl sites for hydroxylation is 2. The van der Waals surface area contributed by atoms with Gasteiger partial charge in [0.1, 0.15) is 23.1 Å². The molecule has 1 fully saturated rings. The number of alkyl halides is 3. The van der Waals surface area contributed by atoms with E-state index in [2.05, 4.69) is 9.97 Å². The molecule has 0 bridgehead atoms. The van der Waals surface area contributed by atoms with Crippen molar-refractivity contribution in [2.24, 2.45) is 0 Å². The molecule has 1 aromatic carbocycles. The predicted molar refractivity (Wildman–Crippen MR) is 99.7 cm³/mol. The molecular weight excluding hydrogens is 385 g/mol. The van der Waals surface area contributed by atoms with Gasteiger partial charge in [-0.25, -0.2) is 9.97 Å². The minimum absolute atomic E-state index is 0.0719. The Bertz CT molecular complexity index is 911. The molecule has 0 spiro atoms. The number of hydrogen-bond acceptors (Lipinski definition) is 5. The first-order chi connectivity index (χ1) is 13.8. The number of amides is 1. The van der Waals surface area contributed by atoms with Crippen molar-refractivity contribution in [1.82, 2.24) is 14.9 Å². The maximum Gasteiger partial charge on any atom is 0.433 e. The van der Waals surface area contributed by atoms with E-state index in [1.165, 1.54) is 6.92 Å². The van der Waals surface area contributed by atoms with Crippen molar-refractivity contribution in [3.8, 4) is 5.75 Å². The molecule has 1 unspecified atom stereocenters. The molecule has 1 saturated heterocycles. The zero-order valence-corrected chi connectivity index (χ0v) is 15.9. The molecule has 6 nitrogen and oxygen atoms in total. The van der Waals surface area contributed by atoms with E-state index in [1.54, 1.807) is 9.80 Å². The fourth-order valence-corrected chi connectivity index (χ4v) is 3.72. The largest absolute Gasteiger partial charge is 0.480 e. The lowest BCUT2D eigenvalue weighted by Gasteiger charge is -2.37. The van der Waals surface area contributed by atoms with Crippen LogP contribution in [0.4, 0.5) is 19.0 Å². The minimum Gasteiger partial charge on any atom is -0.480 e. The summed E-state index contributed by atoms with van der Waals surface area (Å²) < 4.78 is 44.9. The normalized spacial score (nSPS) is 19.5. The van der Waals surface area contributed by atoms with E-state index in [0.717, 1.165) is 23.8 Å². The number of rotatable bonds is 2. The highest BCUT2D eigenvalue weighted by atomic mass is 19.4. The third-order valence-electron chi connectivity index (χ3n) is 5.22. The zero-order valence-electron chi connectivity index (χ0n) is 15.9. The summed E-state index contributed by atoms with van der Waals surface area (Å²) in [6, 6.07) is 8.65. The number of anilines is 1. The van der Waals surface area contributed by atoms with E-state index >= 15 is 0 Å². The van der Waals surface area contributed by atoms with Gasteiger partial charge in [-0.3, -0.25) is 4.79 Å². The Balaban J connectivity index is 1.40. The van der Waals surface area contributed by atoms with Crippen molar-refractivity contribution in [2.75, 3.05) is 31.1 Å². The fraction of sp³-hybridized carbons (Fsp3) is 0.450. The second kappa shape index (κ2) is 7.53.